The number of nitrogens with one attached hydrogen (secondary N) is 1. The molecule has 1 N–H and O–H groups in total. The summed E-state index contributed by atoms with van der Waals surface area (Å²) in [6.07, 6.45) is 0. The van der Waals surface area contributed by atoms with Gasteiger partial charge in [0.05, 0.1) is 0 Å². The first kappa shape index (κ1) is 11.3. The third-order valence-electron chi connectivity index (χ3n) is 1.97. The van der Waals surface area contributed by atoms with Crippen LogP contribution >= 0.6 is 23.1 Å². The summed E-state index contributed by atoms with van der Waals surface area (Å²) in [7, 11) is 0. The van der Waals surface area contributed by atoms with Crippen molar-refractivity contribution in [3.63, 3.8) is 0 Å². The van der Waals surface area contributed by atoms with E-state index in [2.05, 4.69) is 36.1 Å². The largest absolute Gasteiger partial charge is 0.360 e. The highest BCUT2D eigenvalue weighted by Crippen LogP contribution is 2.30. The van der Waals surface area contributed by atoms with Gasteiger partial charge < -0.3 is 5.32 Å². The molecule has 92 valence electrons. The summed E-state index contributed by atoms with van der Waals surface area (Å²) < 4.78 is 2.21. The minimum atomic E-state index is 0.616. The predicted molar refractivity (Wildman–Crippen MR) is 66.8 cm³/mol. The zero-order valence-corrected chi connectivity index (χ0v) is 10.9. The first-order valence-corrected chi connectivity index (χ1v) is 6.79. The van der Waals surface area contributed by atoms with Gasteiger partial charge in [0.25, 0.3) is 0 Å². The number of rotatable bonds is 4. The van der Waals surface area contributed by atoms with Crippen LogP contribution in [-0.4, -0.2) is 42.0 Å². The molecule has 0 unspecified atom stereocenters. The fraction of sp³-hybridized carbons (Fsp3) is 0.250. The molecule has 0 aliphatic heterocycles. The van der Waals surface area contributed by atoms with Gasteiger partial charge in [-0.05, 0) is 41.2 Å². The van der Waals surface area contributed by atoms with Crippen molar-refractivity contribution in [2.75, 3.05) is 11.9 Å². The van der Waals surface area contributed by atoms with Crippen LogP contribution in [0.3, 0.4) is 0 Å². The fourth-order valence-corrected chi connectivity index (χ4v) is 2.97. The van der Waals surface area contributed by atoms with Crippen LogP contribution in [0.5, 0.6) is 0 Å². The molecular weight excluding hydrogens is 272 g/mol. The van der Waals surface area contributed by atoms with Crippen LogP contribution in [0, 0.1) is 0 Å². The lowest BCUT2D eigenvalue weighted by molar-refractivity contribution is 0.702. The van der Waals surface area contributed by atoms with Gasteiger partial charge in [0.15, 0.2) is 9.99 Å². The van der Waals surface area contributed by atoms with E-state index in [1.165, 1.54) is 27.7 Å². The Balaban J connectivity index is 1.81. The van der Waals surface area contributed by atoms with Crippen LogP contribution in [0.1, 0.15) is 6.92 Å². The summed E-state index contributed by atoms with van der Waals surface area (Å²) in [4.78, 5) is 0. The summed E-state index contributed by atoms with van der Waals surface area (Å²) in [5.74, 6) is 0. The normalized spacial score (nSPS) is 10.9. The molecule has 3 aromatic rings. The Kier molecular flexibility index (Phi) is 3.02. The first-order valence-electron chi connectivity index (χ1n) is 5.16. The molecule has 18 heavy (non-hydrogen) atoms. The Morgan fingerprint density at radius 2 is 2.28 bits per heavy atom. The third-order valence-corrected chi connectivity index (χ3v) is 3.83. The number of hydrogen-bond donors (Lipinski definition) is 1. The summed E-state index contributed by atoms with van der Waals surface area (Å²) in [6.45, 7) is 2.84. The van der Waals surface area contributed by atoms with Crippen LogP contribution in [-0.2, 0) is 0 Å². The average molecular weight is 280 g/mol. The highest BCUT2D eigenvalue weighted by atomic mass is 32.2. The molecule has 3 rings (SSSR count). The SMILES string of the molecule is CCNc1nnc(Sc2ccc3nnnn3n2)s1. The van der Waals surface area contributed by atoms with Gasteiger partial charge in [-0.25, -0.2) is 0 Å². The molecule has 0 fully saturated rings. The Labute approximate surface area is 110 Å². The van der Waals surface area contributed by atoms with Gasteiger partial charge in [-0.1, -0.05) is 11.3 Å². The van der Waals surface area contributed by atoms with Gasteiger partial charge in [-0.3, -0.25) is 0 Å². The monoisotopic (exact) mass is 280 g/mol. The highest BCUT2D eigenvalue weighted by molar-refractivity contribution is 8.01. The lowest BCUT2D eigenvalue weighted by atomic mass is 10.6. The molecule has 0 aromatic carbocycles. The van der Waals surface area contributed by atoms with Gasteiger partial charge in [-0.2, -0.15) is 0 Å². The quantitative estimate of drug-likeness (QED) is 0.755. The van der Waals surface area contributed by atoms with E-state index in [9.17, 15) is 0 Å². The van der Waals surface area contributed by atoms with Crippen LogP contribution in [0.15, 0.2) is 21.5 Å². The molecule has 0 aliphatic rings. The van der Waals surface area contributed by atoms with Crippen LogP contribution < -0.4 is 5.32 Å². The topological polar surface area (TPSA) is 93.8 Å². The number of hydrogen-bond acceptors (Lipinski definition) is 9. The Morgan fingerprint density at radius 1 is 1.33 bits per heavy atom. The molecule has 0 saturated carbocycles. The van der Waals surface area contributed by atoms with Crippen molar-refractivity contribution in [3.8, 4) is 0 Å². The van der Waals surface area contributed by atoms with E-state index in [4.69, 9.17) is 0 Å². The van der Waals surface area contributed by atoms with E-state index in [1.54, 1.807) is 0 Å². The van der Waals surface area contributed by atoms with Crippen LogP contribution in [0.2, 0.25) is 0 Å². The van der Waals surface area contributed by atoms with Crippen molar-refractivity contribution in [1.82, 2.24) is 35.5 Å². The minimum Gasteiger partial charge on any atom is -0.360 e. The zero-order valence-electron chi connectivity index (χ0n) is 9.31. The van der Waals surface area contributed by atoms with Crippen LogP contribution in [0.4, 0.5) is 5.13 Å². The van der Waals surface area contributed by atoms with Gasteiger partial charge in [0.2, 0.25) is 5.13 Å². The number of tetrazole rings is 1. The molecule has 3 heterocycles. The molecule has 0 aliphatic carbocycles. The molecule has 0 atom stereocenters. The molecule has 0 bridgehead atoms. The highest BCUT2D eigenvalue weighted by Gasteiger charge is 2.07. The summed E-state index contributed by atoms with van der Waals surface area (Å²) >= 11 is 2.92. The average Bonchev–Trinajstić information content (AvgIpc) is 2.98. The summed E-state index contributed by atoms with van der Waals surface area (Å²) in [6, 6.07) is 3.66. The number of aromatic nitrogens is 7. The van der Waals surface area contributed by atoms with Crippen molar-refractivity contribution < 1.29 is 0 Å². The molecular formula is C8H8N8S2. The second-order valence-electron chi connectivity index (χ2n) is 3.20. The standard InChI is InChI=1S/C8H8N8S2/c1-2-9-7-11-12-8(18-7)17-6-4-3-5-10-14-15-16(5)13-6/h3-4H,2H2,1H3,(H,9,11). The lowest BCUT2D eigenvalue weighted by Crippen LogP contribution is -1.94. The van der Waals surface area contributed by atoms with E-state index in [1.807, 2.05) is 19.1 Å². The van der Waals surface area contributed by atoms with E-state index < -0.39 is 0 Å². The van der Waals surface area contributed by atoms with Gasteiger partial charge in [0.1, 0.15) is 5.03 Å². The maximum Gasteiger partial charge on any atom is 0.206 e. The molecule has 0 amide bonds. The molecule has 0 radical (unpaired) electrons. The summed E-state index contributed by atoms with van der Waals surface area (Å²) in [5, 5.41) is 28.1. The van der Waals surface area contributed by atoms with E-state index in [-0.39, 0.29) is 0 Å². The maximum absolute atomic E-state index is 4.25. The minimum absolute atomic E-state index is 0.616. The Hall–Kier alpha value is -1.81. The second-order valence-corrected chi connectivity index (χ2v) is 5.45. The van der Waals surface area contributed by atoms with Crippen molar-refractivity contribution >= 4 is 33.9 Å². The van der Waals surface area contributed by atoms with Crippen molar-refractivity contribution in [1.29, 1.82) is 0 Å². The molecule has 0 spiro atoms. The Morgan fingerprint density at radius 3 is 3.17 bits per heavy atom. The van der Waals surface area contributed by atoms with Crippen LogP contribution in [0.25, 0.3) is 5.65 Å². The smallest absolute Gasteiger partial charge is 0.206 e. The third kappa shape index (κ3) is 2.24. The van der Waals surface area contributed by atoms with E-state index >= 15 is 0 Å². The Bertz CT molecular complexity index is 662. The van der Waals surface area contributed by atoms with Crippen molar-refractivity contribution in [3.05, 3.63) is 12.1 Å². The molecule has 10 heteroatoms. The lowest BCUT2D eigenvalue weighted by Gasteiger charge is -1.95. The van der Waals surface area contributed by atoms with Crippen molar-refractivity contribution in [2.24, 2.45) is 0 Å². The van der Waals surface area contributed by atoms with Gasteiger partial charge in [-0.15, -0.1) is 25.0 Å². The summed E-state index contributed by atoms with van der Waals surface area (Å²) in [5.41, 5.74) is 0.616. The van der Waals surface area contributed by atoms with E-state index in [0.717, 1.165) is 21.0 Å². The predicted octanol–water partition coefficient (Wildman–Crippen LogP) is 0.954. The molecule has 3 aromatic heterocycles. The molecule has 0 saturated heterocycles. The number of nitrogens with zero attached hydrogens (tertiary/aromatic N) is 7. The fourth-order valence-electron chi connectivity index (χ4n) is 1.25. The maximum atomic E-state index is 4.25. The van der Waals surface area contributed by atoms with Gasteiger partial charge in [0, 0.05) is 6.54 Å². The van der Waals surface area contributed by atoms with Gasteiger partial charge >= 0.3 is 0 Å². The number of anilines is 1. The molecule has 8 nitrogen and oxygen atoms in total. The zero-order chi connectivity index (χ0) is 12.4. The van der Waals surface area contributed by atoms with Crippen molar-refractivity contribution in [2.45, 2.75) is 16.3 Å². The first-order chi connectivity index (χ1) is 8.85. The van der Waals surface area contributed by atoms with E-state index in [0.29, 0.717) is 5.65 Å². The number of fused-ring (bicyclic) bond motifs is 1. The second kappa shape index (κ2) is 4.82.